The van der Waals surface area contributed by atoms with E-state index >= 15 is 0 Å². The first-order valence-electron chi connectivity index (χ1n) is 14.4. The minimum Gasteiger partial charge on any atom is -0.480 e. The van der Waals surface area contributed by atoms with Crippen molar-refractivity contribution in [1.82, 2.24) is 5.32 Å². The van der Waals surface area contributed by atoms with Gasteiger partial charge in [0.1, 0.15) is 12.6 Å². The number of benzene rings is 2. The van der Waals surface area contributed by atoms with Gasteiger partial charge in [-0.1, -0.05) is 113 Å². The molecule has 8 heteroatoms. The lowest BCUT2D eigenvalue weighted by molar-refractivity contribution is -0.138. The van der Waals surface area contributed by atoms with Crippen LogP contribution in [0.3, 0.4) is 0 Å². The molecule has 0 bridgehead atoms. The van der Waals surface area contributed by atoms with Gasteiger partial charge in [0.25, 0.3) is 0 Å². The van der Waals surface area contributed by atoms with E-state index in [2.05, 4.69) is 48.1 Å². The van der Waals surface area contributed by atoms with Crippen molar-refractivity contribution in [2.45, 2.75) is 90.0 Å². The van der Waals surface area contributed by atoms with E-state index in [1.54, 1.807) is 11.8 Å². The molecule has 0 radical (unpaired) electrons. The summed E-state index contributed by atoms with van der Waals surface area (Å²) < 4.78 is 5.51. The molecular weight excluding hydrogens is 546 g/mol. The highest BCUT2D eigenvalue weighted by molar-refractivity contribution is 7.99. The predicted molar refractivity (Wildman–Crippen MR) is 165 cm³/mol. The van der Waals surface area contributed by atoms with E-state index in [0.29, 0.717) is 5.75 Å². The maximum absolute atomic E-state index is 12.5. The quantitative estimate of drug-likeness (QED) is 0.142. The number of alkyl carbamates (subject to hydrolysis) is 1. The highest BCUT2D eigenvalue weighted by atomic mass is 35.5. The number of aliphatic carboxylic acids is 1. The van der Waals surface area contributed by atoms with Gasteiger partial charge in [0.15, 0.2) is 0 Å². The van der Waals surface area contributed by atoms with Crippen LogP contribution in [0.25, 0.3) is 11.1 Å². The molecule has 0 saturated heterocycles. The van der Waals surface area contributed by atoms with Crippen molar-refractivity contribution in [2.24, 2.45) is 0 Å². The Labute approximate surface area is 248 Å². The Morgan fingerprint density at radius 2 is 1.35 bits per heavy atom. The zero-order valence-electron chi connectivity index (χ0n) is 23.8. The molecule has 6 nitrogen and oxygen atoms in total. The first-order valence-corrected chi connectivity index (χ1v) is 16.0. The van der Waals surface area contributed by atoms with E-state index in [1.165, 1.54) is 64.7 Å². The summed E-state index contributed by atoms with van der Waals surface area (Å²) in [5.74, 6) is 0.181. The molecule has 2 aromatic rings. The Morgan fingerprint density at radius 1 is 0.875 bits per heavy atom. The van der Waals surface area contributed by atoms with E-state index in [4.69, 9.17) is 4.74 Å². The van der Waals surface area contributed by atoms with Gasteiger partial charge >= 0.3 is 12.1 Å². The molecule has 1 aliphatic carbocycles. The summed E-state index contributed by atoms with van der Waals surface area (Å²) in [6, 6.07) is 15.3. The van der Waals surface area contributed by atoms with E-state index < -0.39 is 18.1 Å². The van der Waals surface area contributed by atoms with Crippen molar-refractivity contribution in [3.8, 4) is 11.1 Å². The van der Waals surface area contributed by atoms with Gasteiger partial charge in [0, 0.05) is 18.6 Å². The summed E-state index contributed by atoms with van der Waals surface area (Å²) in [7, 11) is 0. The molecule has 1 atom stereocenters. The number of fused-ring (bicyclic) bond motifs is 3. The molecule has 2 aromatic carbocycles. The summed E-state index contributed by atoms with van der Waals surface area (Å²) in [6.45, 7) is 3.72. The van der Waals surface area contributed by atoms with Crippen LogP contribution in [0.15, 0.2) is 48.5 Å². The van der Waals surface area contributed by atoms with Gasteiger partial charge < -0.3 is 15.2 Å². The van der Waals surface area contributed by atoms with Crippen LogP contribution in [0.4, 0.5) is 4.79 Å². The van der Waals surface area contributed by atoms with Crippen LogP contribution < -0.4 is 5.32 Å². The monoisotopic (exact) mass is 589 g/mol. The first kappa shape index (κ1) is 33.7. The van der Waals surface area contributed by atoms with Crippen molar-refractivity contribution in [3.63, 3.8) is 0 Å². The van der Waals surface area contributed by atoms with Crippen molar-refractivity contribution in [3.05, 3.63) is 59.7 Å². The number of amides is 1. The summed E-state index contributed by atoms with van der Waals surface area (Å²) >= 11 is 6.22. The number of rotatable bonds is 17. The topological polar surface area (TPSA) is 92.7 Å². The number of unbranched alkanes of at least 4 members (excludes halogenated alkanes) is 9. The van der Waals surface area contributed by atoms with Crippen LogP contribution in [0.2, 0.25) is 0 Å². The number of carboxylic acid groups (broad SMARTS) is 1. The van der Waals surface area contributed by atoms with Gasteiger partial charge in [-0.3, -0.25) is 4.79 Å². The standard InChI is InChI=1S/C30H41NO4S.C2H3ClO/c1-2-3-4-5-6-7-8-9-10-15-20-36-22-28(29(32)33)31-30(34)35-21-27-25-18-13-11-16-23(25)24-17-12-14-19-26(24)27;1-2(3)4/h11-14,16-19,27-28H,2-10,15,20-22H2,1H3,(H,31,34)(H,32,33);1H3/t28-;/m0./s1. The Kier molecular flexibility index (Phi) is 16.5. The van der Waals surface area contributed by atoms with Crippen LogP contribution in [0, 0.1) is 0 Å². The SMILES string of the molecule is CC(=O)Cl.CCCCCCCCCCCCSC[C@H](NC(=O)OCC1c2ccccc2-c2ccccc21)C(=O)O. The number of thioether (sulfide) groups is 1. The average molecular weight is 590 g/mol. The lowest BCUT2D eigenvalue weighted by atomic mass is 9.98. The van der Waals surface area contributed by atoms with Crippen LogP contribution in [-0.2, 0) is 14.3 Å². The molecule has 0 heterocycles. The largest absolute Gasteiger partial charge is 0.480 e. The average Bonchev–Trinajstić information content (AvgIpc) is 3.25. The van der Waals surface area contributed by atoms with Gasteiger partial charge in [-0.15, -0.1) is 0 Å². The van der Waals surface area contributed by atoms with Gasteiger partial charge in [0.2, 0.25) is 5.24 Å². The molecule has 220 valence electrons. The minimum absolute atomic E-state index is 0.0443. The maximum atomic E-state index is 12.5. The molecule has 1 amide bonds. The zero-order valence-corrected chi connectivity index (χ0v) is 25.4. The molecule has 0 fully saturated rings. The molecule has 40 heavy (non-hydrogen) atoms. The number of carbonyl (C=O) groups excluding carboxylic acids is 2. The fourth-order valence-corrected chi connectivity index (χ4v) is 5.89. The molecule has 0 aliphatic heterocycles. The summed E-state index contributed by atoms with van der Waals surface area (Å²) in [5.41, 5.74) is 4.59. The Balaban J connectivity index is 0.00000131. The first-order chi connectivity index (χ1) is 19.3. The smallest absolute Gasteiger partial charge is 0.407 e. The fraction of sp³-hybridized carbons (Fsp3) is 0.531. The lowest BCUT2D eigenvalue weighted by Crippen LogP contribution is -2.43. The number of nitrogens with one attached hydrogen (secondary N) is 1. The second-order valence-electron chi connectivity index (χ2n) is 10.1. The molecule has 0 aromatic heterocycles. The Bertz CT molecular complexity index is 1010. The molecular formula is C32H44ClNO5S. The Hall–Kier alpha value is -2.51. The van der Waals surface area contributed by atoms with Gasteiger partial charge in [-0.25, -0.2) is 9.59 Å². The van der Waals surface area contributed by atoms with Gasteiger partial charge in [-0.05, 0) is 46.0 Å². The number of halogens is 1. The number of carboxylic acids is 1. The van der Waals surface area contributed by atoms with Crippen LogP contribution in [0.1, 0.15) is 95.1 Å². The zero-order chi connectivity index (χ0) is 29.2. The third-order valence-electron chi connectivity index (χ3n) is 6.86. The van der Waals surface area contributed by atoms with Gasteiger partial charge in [-0.2, -0.15) is 11.8 Å². The van der Waals surface area contributed by atoms with Crippen LogP contribution in [-0.4, -0.2) is 46.6 Å². The second-order valence-corrected chi connectivity index (χ2v) is 11.8. The van der Waals surface area contributed by atoms with E-state index in [9.17, 15) is 19.5 Å². The number of ether oxygens (including phenoxy) is 1. The van der Waals surface area contributed by atoms with Crippen molar-refractivity contribution < 1.29 is 24.2 Å². The second kappa shape index (κ2) is 19.5. The molecule has 2 N–H and O–H groups in total. The summed E-state index contributed by atoms with van der Waals surface area (Å²) in [4.78, 5) is 33.3. The van der Waals surface area contributed by atoms with Crippen molar-refractivity contribution in [2.75, 3.05) is 18.1 Å². The molecule has 0 unspecified atom stereocenters. The van der Waals surface area contributed by atoms with Crippen molar-refractivity contribution in [1.29, 1.82) is 0 Å². The third kappa shape index (κ3) is 12.3. The van der Waals surface area contributed by atoms with Crippen molar-refractivity contribution >= 4 is 40.7 Å². The molecule has 3 rings (SSSR count). The lowest BCUT2D eigenvalue weighted by Gasteiger charge is -2.17. The van der Waals surface area contributed by atoms with E-state index in [0.717, 1.165) is 34.4 Å². The Morgan fingerprint density at radius 3 is 1.85 bits per heavy atom. The summed E-state index contributed by atoms with van der Waals surface area (Å²) in [6.07, 6.45) is 12.2. The van der Waals surface area contributed by atoms with Gasteiger partial charge in [0.05, 0.1) is 0 Å². The highest BCUT2D eigenvalue weighted by Crippen LogP contribution is 2.44. The third-order valence-corrected chi connectivity index (χ3v) is 8.01. The maximum Gasteiger partial charge on any atom is 0.407 e. The fourth-order valence-electron chi connectivity index (χ4n) is 4.85. The van der Waals surface area contributed by atoms with E-state index in [-0.39, 0.29) is 17.8 Å². The molecule has 0 spiro atoms. The molecule has 0 saturated carbocycles. The van der Waals surface area contributed by atoms with Crippen LogP contribution >= 0.6 is 23.4 Å². The highest BCUT2D eigenvalue weighted by Gasteiger charge is 2.29. The summed E-state index contributed by atoms with van der Waals surface area (Å²) in [5, 5.41) is 11.7. The normalized spacial score (nSPS) is 12.5. The number of hydrogen-bond donors (Lipinski definition) is 2. The predicted octanol–water partition coefficient (Wildman–Crippen LogP) is 8.40. The minimum atomic E-state index is -1.03. The van der Waals surface area contributed by atoms with Crippen LogP contribution in [0.5, 0.6) is 0 Å². The molecule has 1 aliphatic rings. The number of hydrogen-bond acceptors (Lipinski definition) is 5. The number of carbonyl (C=O) groups is 3. The van der Waals surface area contributed by atoms with E-state index in [1.807, 2.05) is 24.3 Å².